The molecule has 1 aliphatic heterocycles. The Labute approximate surface area is 147 Å². The minimum atomic E-state index is -0.0166. The van der Waals surface area contributed by atoms with Gasteiger partial charge in [0.2, 0.25) is 0 Å². The minimum Gasteiger partial charge on any atom is -0.508 e. The molecule has 0 saturated carbocycles. The number of morpholine rings is 1. The van der Waals surface area contributed by atoms with Gasteiger partial charge >= 0.3 is 0 Å². The maximum atomic E-state index is 9.67. The van der Waals surface area contributed by atoms with E-state index in [-0.39, 0.29) is 11.9 Å². The summed E-state index contributed by atoms with van der Waals surface area (Å²) in [6.45, 7) is 3.15. The van der Waals surface area contributed by atoms with Gasteiger partial charge in [-0.2, -0.15) is 5.10 Å². The zero-order chi connectivity index (χ0) is 17.1. The summed E-state index contributed by atoms with van der Waals surface area (Å²) < 4.78 is 7.79. The van der Waals surface area contributed by atoms with Crippen LogP contribution in [0.15, 0.2) is 66.9 Å². The second-order valence-electron chi connectivity index (χ2n) is 6.28. The molecule has 0 radical (unpaired) electrons. The largest absolute Gasteiger partial charge is 0.508 e. The summed E-state index contributed by atoms with van der Waals surface area (Å²) in [5, 5.41) is 14.4. The first-order chi connectivity index (χ1) is 12.3. The molecule has 1 aliphatic rings. The van der Waals surface area contributed by atoms with Crippen LogP contribution in [-0.4, -0.2) is 39.5 Å². The van der Waals surface area contributed by atoms with Crippen LogP contribution in [0.1, 0.15) is 17.4 Å². The summed E-state index contributed by atoms with van der Waals surface area (Å²) in [6.07, 6.45) is 1.98. The van der Waals surface area contributed by atoms with Crippen molar-refractivity contribution < 1.29 is 9.84 Å². The second-order valence-corrected chi connectivity index (χ2v) is 6.28. The van der Waals surface area contributed by atoms with Gasteiger partial charge in [-0.15, -0.1) is 0 Å². The van der Waals surface area contributed by atoms with Gasteiger partial charge in [0.25, 0.3) is 0 Å². The first-order valence-electron chi connectivity index (χ1n) is 8.51. The molecule has 1 atom stereocenters. The summed E-state index contributed by atoms with van der Waals surface area (Å²) in [5.41, 5.74) is 3.12. The van der Waals surface area contributed by atoms with E-state index in [0.29, 0.717) is 6.61 Å². The van der Waals surface area contributed by atoms with Crippen molar-refractivity contribution in [3.63, 3.8) is 0 Å². The first kappa shape index (κ1) is 15.9. The predicted molar refractivity (Wildman–Crippen MR) is 95.6 cm³/mol. The molecule has 2 aromatic carbocycles. The zero-order valence-electron chi connectivity index (χ0n) is 14.0. The number of phenols is 1. The number of aromatic hydroxyl groups is 1. The minimum absolute atomic E-state index is 0.0166. The SMILES string of the molecule is Oc1cccc(C2CN(Cc3ccn(-c4ccccc4)n3)CCO2)c1. The Bertz CT molecular complexity index is 832. The fraction of sp³-hybridized carbons (Fsp3) is 0.250. The third kappa shape index (κ3) is 3.73. The van der Waals surface area contributed by atoms with Crippen LogP contribution < -0.4 is 0 Å². The van der Waals surface area contributed by atoms with Gasteiger partial charge in [0, 0.05) is 25.8 Å². The van der Waals surface area contributed by atoms with E-state index in [1.807, 2.05) is 53.3 Å². The van der Waals surface area contributed by atoms with Crippen molar-refractivity contribution in [1.82, 2.24) is 14.7 Å². The molecule has 1 saturated heterocycles. The topological polar surface area (TPSA) is 50.5 Å². The van der Waals surface area contributed by atoms with Gasteiger partial charge in [-0.1, -0.05) is 30.3 Å². The molecule has 1 fully saturated rings. The highest BCUT2D eigenvalue weighted by atomic mass is 16.5. The lowest BCUT2D eigenvalue weighted by molar-refractivity contribution is -0.0333. The standard InChI is InChI=1S/C20H21N3O2/c24-19-8-4-5-16(13-19)20-15-22(11-12-25-20)14-17-9-10-23(21-17)18-6-2-1-3-7-18/h1-10,13,20,24H,11-12,14-15H2. The van der Waals surface area contributed by atoms with Gasteiger partial charge in [-0.3, -0.25) is 4.90 Å². The van der Waals surface area contributed by atoms with Crippen molar-refractivity contribution in [2.45, 2.75) is 12.6 Å². The fourth-order valence-corrected chi connectivity index (χ4v) is 3.17. The number of para-hydroxylation sites is 1. The van der Waals surface area contributed by atoms with Gasteiger partial charge in [-0.25, -0.2) is 4.68 Å². The monoisotopic (exact) mass is 335 g/mol. The predicted octanol–water partition coefficient (Wildman–Crippen LogP) is 3.15. The third-order valence-electron chi connectivity index (χ3n) is 4.44. The molecule has 0 amide bonds. The molecule has 0 aliphatic carbocycles. The Kier molecular flexibility index (Phi) is 4.50. The normalized spacial score (nSPS) is 18.3. The Morgan fingerprint density at radius 2 is 1.96 bits per heavy atom. The van der Waals surface area contributed by atoms with E-state index < -0.39 is 0 Å². The van der Waals surface area contributed by atoms with Crippen LogP contribution >= 0.6 is 0 Å². The number of aromatic nitrogens is 2. The Balaban J connectivity index is 1.43. The molecular formula is C20H21N3O2. The molecular weight excluding hydrogens is 314 g/mol. The van der Waals surface area contributed by atoms with Crippen LogP contribution in [0.2, 0.25) is 0 Å². The molecule has 4 rings (SSSR count). The molecule has 128 valence electrons. The Hall–Kier alpha value is -2.63. The van der Waals surface area contributed by atoms with Crippen molar-refractivity contribution in [3.05, 3.63) is 78.1 Å². The number of hydrogen-bond acceptors (Lipinski definition) is 4. The van der Waals surface area contributed by atoms with Gasteiger partial charge < -0.3 is 9.84 Å². The van der Waals surface area contributed by atoms with Gasteiger partial charge in [0.1, 0.15) is 5.75 Å². The molecule has 5 heteroatoms. The van der Waals surface area contributed by atoms with Gasteiger partial charge in [-0.05, 0) is 35.9 Å². The summed E-state index contributed by atoms with van der Waals surface area (Å²) >= 11 is 0. The maximum absolute atomic E-state index is 9.67. The van der Waals surface area contributed by atoms with Crippen molar-refractivity contribution in [1.29, 1.82) is 0 Å². The van der Waals surface area contributed by atoms with E-state index in [4.69, 9.17) is 4.74 Å². The molecule has 3 aromatic rings. The van der Waals surface area contributed by atoms with Gasteiger partial charge in [0.15, 0.2) is 0 Å². The van der Waals surface area contributed by atoms with Crippen LogP contribution in [0.4, 0.5) is 0 Å². The van der Waals surface area contributed by atoms with E-state index in [1.165, 1.54) is 0 Å². The molecule has 1 unspecified atom stereocenters. The first-order valence-corrected chi connectivity index (χ1v) is 8.51. The van der Waals surface area contributed by atoms with E-state index in [2.05, 4.69) is 16.1 Å². The number of ether oxygens (including phenoxy) is 1. The highest BCUT2D eigenvalue weighted by molar-refractivity contribution is 5.31. The van der Waals surface area contributed by atoms with Crippen LogP contribution in [0.25, 0.3) is 5.69 Å². The van der Waals surface area contributed by atoms with E-state index >= 15 is 0 Å². The lowest BCUT2D eigenvalue weighted by atomic mass is 10.1. The van der Waals surface area contributed by atoms with E-state index in [9.17, 15) is 5.11 Å². The number of hydrogen-bond donors (Lipinski definition) is 1. The molecule has 1 N–H and O–H groups in total. The maximum Gasteiger partial charge on any atom is 0.115 e. The van der Waals surface area contributed by atoms with E-state index in [1.54, 1.807) is 12.1 Å². The quantitative estimate of drug-likeness (QED) is 0.796. The molecule has 0 spiro atoms. The van der Waals surface area contributed by atoms with Gasteiger partial charge in [0.05, 0.1) is 24.1 Å². The van der Waals surface area contributed by atoms with Crippen LogP contribution in [0.5, 0.6) is 5.75 Å². The van der Waals surface area contributed by atoms with E-state index in [0.717, 1.165) is 36.6 Å². The third-order valence-corrected chi connectivity index (χ3v) is 4.44. The average Bonchev–Trinajstić information content (AvgIpc) is 3.11. The Morgan fingerprint density at radius 1 is 1.08 bits per heavy atom. The van der Waals surface area contributed by atoms with Crippen molar-refractivity contribution in [3.8, 4) is 11.4 Å². The lowest BCUT2D eigenvalue weighted by Gasteiger charge is -2.32. The molecule has 1 aromatic heterocycles. The summed E-state index contributed by atoms with van der Waals surface area (Å²) in [7, 11) is 0. The number of nitrogens with zero attached hydrogens (tertiary/aromatic N) is 3. The highest BCUT2D eigenvalue weighted by Gasteiger charge is 2.22. The molecule has 5 nitrogen and oxygen atoms in total. The zero-order valence-corrected chi connectivity index (χ0v) is 14.0. The smallest absolute Gasteiger partial charge is 0.115 e. The van der Waals surface area contributed by atoms with Crippen LogP contribution in [0.3, 0.4) is 0 Å². The van der Waals surface area contributed by atoms with Crippen LogP contribution in [-0.2, 0) is 11.3 Å². The highest BCUT2D eigenvalue weighted by Crippen LogP contribution is 2.25. The summed E-state index contributed by atoms with van der Waals surface area (Å²) in [5.74, 6) is 0.278. The van der Waals surface area contributed by atoms with Crippen LogP contribution in [0, 0.1) is 0 Å². The fourth-order valence-electron chi connectivity index (χ4n) is 3.17. The lowest BCUT2D eigenvalue weighted by Crippen LogP contribution is -2.37. The summed E-state index contributed by atoms with van der Waals surface area (Å²) in [6, 6.07) is 19.5. The molecule has 25 heavy (non-hydrogen) atoms. The number of phenolic OH excluding ortho intramolecular Hbond substituents is 1. The van der Waals surface area contributed by atoms with Crippen molar-refractivity contribution in [2.24, 2.45) is 0 Å². The van der Waals surface area contributed by atoms with Crippen molar-refractivity contribution >= 4 is 0 Å². The summed E-state index contributed by atoms with van der Waals surface area (Å²) in [4.78, 5) is 2.34. The number of benzene rings is 2. The Morgan fingerprint density at radius 3 is 2.80 bits per heavy atom. The molecule has 0 bridgehead atoms. The molecule has 2 heterocycles. The number of rotatable bonds is 4. The average molecular weight is 335 g/mol. The van der Waals surface area contributed by atoms with Crippen molar-refractivity contribution in [2.75, 3.05) is 19.7 Å². The second kappa shape index (κ2) is 7.09.